The summed E-state index contributed by atoms with van der Waals surface area (Å²) in [4.78, 5) is 22.2. The van der Waals surface area contributed by atoms with E-state index < -0.39 is 11.9 Å². The fourth-order valence-electron chi connectivity index (χ4n) is 1.46. The molecule has 104 valence electrons. The lowest BCUT2D eigenvalue weighted by atomic mass is 10.1. The molecule has 1 atom stereocenters. The van der Waals surface area contributed by atoms with Gasteiger partial charge in [-0.1, -0.05) is 18.5 Å². The van der Waals surface area contributed by atoms with Gasteiger partial charge in [-0.2, -0.15) is 0 Å². The van der Waals surface area contributed by atoms with Crippen molar-refractivity contribution in [1.82, 2.24) is 5.32 Å². The second-order valence-electron chi connectivity index (χ2n) is 4.37. The Morgan fingerprint density at radius 1 is 1.42 bits per heavy atom. The fraction of sp³-hybridized carbons (Fsp3) is 0.385. The van der Waals surface area contributed by atoms with Crippen LogP contribution in [0.3, 0.4) is 0 Å². The minimum Gasteiger partial charge on any atom is -0.481 e. The topological polar surface area (TPSA) is 78.4 Å². The zero-order valence-corrected chi connectivity index (χ0v) is 11.6. The lowest BCUT2D eigenvalue weighted by Gasteiger charge is -2.11. The van der Waals surface area contributed by atoms with Gasteiger partial charge in [-0.25, -0.2) is 4.79 Å². The van der Waals surface area contributed by atoms with E-state index in [4.69, 9.17) is 16.7 Å². The number of amides is 2. The number of aryl methyl sites for hydroxylation is 1. The molecule has 0 heterocycles. The number of halogens is 1. The molecular formula is C13H17ClN2O3. The van der Waals surface area contributed by atoms with E-state index >= 15 is 0 Å². The first-order chi connectivity index (χ1) is 8.90. The summed E-state index contributed by atoms with van der Waals surface area (Å²) < 4.78 is 0. The van der Waals surface area contributed by atoms with Crippen LogP contribution < -0.4 is 10.6 Å². The summed E-state index contributed by atoms with van der Waals surface area (Å²) in [5, 5.41) is 14.6. The van der Waals surface area contributed by atoms with E-state index in [9.17, 15) is 9.59 Å². The van der Waals surface area contributed by atoms with Gasteiger partial charge in [0.15, 0.2) is 0 Å². The molecule has 3 N–H and O–H groups in total. The number of benzene rings is 1. The number of carbonyl (C=O) groups excluding carboxylic acids is 1. The van der Waals surface area contributed by atoms with E-state index in [1.54, 1.807) is 25.1 Å². The first kappa shape index (κ1) is 15.3. The zero-order chi connectivity index (χ0) is 14.4. The van der Waals surface area contributed by atoms with E-state index in [0.29, 0.717) is 23.7 Å². The highest BCUT2D eigenvalue weighted by molar-refractivity contribution is 6.30. The number of hydrogen-bond donors (Lipinski definition) is 3. The van der Waals surface area contributed by atoms with Crippen LogP contribution in [0.2, 0.25) is 5.02 Å². The first-order valence-electron chi connectivity index (χ1n) is 5.94. The largest absolute Gasteiger partial charge is 0.481 e. The Balaban J connectivity index is 2.41. The molecule has 0 aromatic heterocycles. The third-order valence-electron chi connectivity index (χ3n) is 2.72. The number of urea groups is 1. The third kappa shape index (κ3) is 5.18. The summed E-state index contributed by atoms with van der Waals surface area (Å²) in [6, 6.07) is 4.81. The van der Waals surface area contributed by atoms with E-state index in [1.165, 1.54) is 0 Å². The standard InChI is InChI=1S/C13H17ClN2O3/c1-8(12(17)18)5-6-15-13(19)16-11-4-3-10(14)7-9(11)2/h3-4,7-8H,5-6H2,1-2H3,(H,17,18)(H2,15,16,19). The van der Waals surface area contributed by atoms with Crippen molar-refractivity contribution < 1.29 is 14.7 Å². The van der Waals surface area contributed by atoms with Gasteiger partial charge in [0.1, 0.15) is 0 Å². The number of carboxylic acid groups (broad SMARTS) is 1. The van der Waals surface area contributed by atoms with Gasteiger partial charge in [-0.15, -0.1) is 0 Å². The van der Waals surface area contributed by atoms with Gasteiger partial charge in [-0.05, 0) is 37.1 Å². The summed E-state index contributed by atoms with van der Waals surface area (Å²) in [6.07, 6.45) is 0.391. The molecule has 1 rings (SSSR count). The average molecular weight is 285 g/mol. The molecule has 19 heavy (non-hydrogen) atoms. The van der Waals surface area contributed by atoms with E-state index in [2.05, 4.69) is 10.6 Å². The molecular weight excluding hydrogens is 268 g/mol. The van der Waals surface area contributed by atoms with Crippen LogP contribution in [0.5, 0.6) is 0 Å². The average Bonchev–Trinajstić information content (AvgIpc) is 2.32. The quantitative estimate of drug-likeness (QED) is 0.778. The molecule has 0 radical (unpaired) electrons. The minimum absolute atomic E-state index is 0.311. The van der Waals surface area contributed by atoms with Crippen molar-refractivity contribution in [3.63, 3.8) is 0 Å². The minimum atomic E-state index is -0.865. The summed E-state index contributed by atoms with van der Waals surface area (Å²) >= 11 is 5.82. The Morgan fingerprint density at radius 2 is 2.11 bits per heavy atom. The molecule has 0 spiro atoms. The molecule has 0 aliphatic heterocycles. The second kappa shape index (κ2) is 6.99. The normalized spacial score (nSPS) is 11.7. The predicted octanol–water partition coefficient (Wildman–Crippen LogP) is 2.88. The number of carboxylic acids is 1. The smallest absolute Gasteiger partial charge is 0.319 e. The van der Waals surface area contributed by atoms with Crippen molar-refractivity contribution in [2.45, 2.75) is 20.3 Å². The molecule has 5 nitrogen and oxygen atoms in total. The van der Waals surface area contributed by atoms with Crippen LogP contribution in [0, 0.1) is 12.8 Å². The Bertz CT molecular complexity index is 477. The number of aliphatic carboxylic acids is 1. The third-order valence-corrected chi connectivity index (χ3v) is 2.96. The van der Waals surface area contributed by atoms with Gasteiger partial charge in [0.2, 0.25) is 0 Å². The highest BCUT2D eigenvalue weighted by Gasteiger charge is 2.11. The molecule has 0 saturated heterocycles. The van der Waals surface area contributed by atoms with Crippen LogP contribution in [0.25, 0.3) is 0 Å². The van der Waals surface area contributed by atoms with Crippen molar-refractivity contribution in [1.29, 1.82) is 0 Å². The van der Waals surface area contributed by atoms with Gasteiger partial charge in [0.25, 0.3) is 0 Å². The summed E-state index contributed by atoms with van der Waals surface area (Å²) in [7, 11) is 0. The molecule has 0 aliphatic carbocycles. The molecule has 0 saturated carbocycles. The maximum Gasteiger partial charge on any atom is 0.319 e. The Kier molecular flexibility index (Phi) is 5.63. The van der Waals surface area contributed by atoms with E-state index in [1.807, 2.05) is 6.92 Å². The molecule has 2 amide bonds. The van der Waals surface area contributed by atoms with Gasteiger partial charge in [0.05, 0.1) is 5.92 Å². The Morgan fingerprint density at radius 3 is 2.68 bits per heavy atom. The number of rotatable bonds is 5. The van der Waals surface area contributed by atoms with Crippen molar-refractivity contribution in [2.75, 3.05) is 11.9 Å². The lowest BCUT2D eigenvalue weighted by molar-refractivity contribution is -0.141. The molecule has 1 unspecified atom stereocenters. The molecule has 0 aliphatic rings. The maximum absolute atomic E-state index is 11.6. The van der Waals surface area contributed by atoms with Crippen LogP contribution in [0.15, 0.2) is 18.2 Å². The summed E-state index contributed by atoms with van der Waals surface area (Å²) in [6.45, 7) is 3.76. The highest BCUT2D eigenvalue weighted by Crippen LogP contribution is 2.19. The molecule has 0 fully saturated rings. The van der Waals surface area contributed by atoms with Crippen molar-refractivity contribution in [3.8, 4) is 0 Å². The van der Waals surface area contributed by atoms with Crippen molar-refractivity contribution in [2.24, 2.45) is 5.92 Å². The van der Waals surface area contributed by atoms with Crippen LogP contribution in [0.1, 0.15) is 18.9 Å². The highest BCUT2D eigenvalue weighted by atomic mass is 35.5. The van der Waals surface area contributed by atoms with E-state index in [-0.39, 0.29) is 6.03 Å². The van der Waals surface area contributed by atoms with Gasteiger partial charge < -0.3 is 15.7 Å². The predicted molar refractivity (Wildman–Crippen MR) is 74.6 cm³/mol. The molecule has 6 heteroatoms. The number of carbonyl (C=O) groups is 2. The van der Waals surface area contributed by atoms with Gasteiger partial charge >= 0.3 is 12.0 Å². The lowest BCUT2D eigenvalue weighted by Crippen LogP contribution is -2.31. The number of nitrogens with one attached hydrogen (secondary N) is 2. The summed E-state index contributed by atoms with van der Waals surface area (Å²) in [5.74, 6) is -1.34. The van der Waals surface area contributed by atoms with Crippen LogP contribution in [-0.2, 0) is 4.79 Å². The Labute approximate surface area is 117 Å². The fourth-order valence-corrected chi connectivity index (χ4v) is 1.69. The van der Waals surface area contributed by atoms with Crippen LogP contribution >= 0.6 is 11.6 Å². The van der Waals surface area contributed by atoms with Crippen LogP contribution in [-0.4, -0.2) is 23.7 Å². The monoisotopic (exact) mass is 284 g/mol. The first-order valence-corrected chi connectivity index (χ1v) is 6.31. The number of hydrogen-bond acceptors (Lipinski definition) is 2. The summed E-state index contributed by atoms with van der Waals surface area (Å²) in [5.41, 5.74) is 1.54. The maximum atomic E-state index is 11.6. The molecule has 1 aromatic carbocycles. The second-order valence-corrected chi connectivity index (χ2v) is 4.80. The van der Waals surface area contributed by atoms with Crippen LogP contribution in [0.4, 0.5) is 10.5 Å². The Hall–Kier alpha value is -1.75. The number of anilines is 1. The van der Waals surface area contributed by atoms with Crippen molar-refractivity contribution in [3.05, 3.63) is 28.8 Å². The van der Waals surface area contributed by atoms with Crippen molar-refractivity contribution >= 4 is 29.3 Å². The van der Waals surface area contributed by atoms with Gasteiger partial charge in [0, 0.05) is 17.3 Å². The molecule has 1 aromatic rings. The van der Waals surface area contributed by atoms with Gasteiger partial charge in [-0.3, -0.25) is 4.79 Å². The van der Waals surface area contributed by atoms with E-state index in [0.717, 1.165) is 5.56 Å². The zero-order valence-electron chi connectivity index (χ0n) is 10.9. The molecule has 0 bridgehead atoms. The SMILES string of the molecule is Cc1cc(Cl)ccc1NC(=O)NCCC(C)C(=O)O.